The maximum Gasteiger partial charge on any atom is 0.389 e. The average molecular weight is 370 g/mol. The third-order valence-electron chi connectivity index (χ3n) is 3.64. The molecule has 128 valence electrons. The van der Waals surface area contributed by atoms with Crippen LogP contribution in [0, 0.1) is 5.41 Å². The first-order valence-corrected chi connectivity index (χ1v) is 7.72. The predicted molar refractivity (Wildman–Crippen MR) is 81.9 cm³/mol. The van der Waals surface area contributed by atoms with Gasteiger partial charge < -0.3 is 9.64 Å². The highest BCUT2D eigenvalue weighted by atomic mass is 35.5. The fourth-order valence-electron chi connectivity index (χ4n) is 2.69. The van der Waals surface area contributed by atoms with Crippen LogP contribution >= 0.6 is 23.2 Å². The van der Waals surface area contributed by atoms with Gasteiger partial charge in [0.05, 0.1) is 16.5 Å². The fraction of sp³-hybridized carbons (Fsp3) is 0.533. The average Bonchev–Trinajstić information content (AvgIpc) is 2.37. The molecule has 0 aliphatic carbocycles. The van der Waals surface area contributed by atoms with E-state index in [-0.39, 0.29) is 19.0 Å². The Morgan fingerprint density at radius 3 is 2.48 bits per heavy atom. The van der Waals surface area contributed by atoms with Gasteiger partial charge in [0.1, 0.15) is 5.75 Å². The third kappa shape index (κ3) is 4.67. The molecule has 1 heterocycles. The Bertz CT molecular complexity index is 601. The van der Waals surface area contributed by atoms with Crippen molar-refractivity contribution in [3.63, 3.8) is 0 Å². The molecule has 1 aliphatic rings. The van der Waals surface area contributed by atoms with Gasteiger partial charge in [-0.3, -0.25) is 4.79 Å². The SMILES string of the molecule is CC(Oc1ccc(Cl)c(Cl)c1)C(=O)N1CC(C)(CC(F)(F)F)C1. The standard InChI is InChI=1S/C15H16Cl2F3NO2/c1-9(23-10-3-4-11(16)12(17)5-10)13(22)21-7-14(2,8-21)6-15(18,19)20/h3-5,9H,6-8H2,1-2H3. The molecule has 1 unspecified atom stereocenters. The van der Waals surface area contributed by atoms with Crippen molar-refractivity contribution in [2.45, 2.75) is 32.5 Å². The first kappa shape index (κ1) is 18.2. The van der Waals surface area contributed by atoms with Crippen LogP contribution in [-0.4, -0.2) is 36.2 Å². The number of hydrogen-bond acceptors (Lipinski definition) is 2. The number of nitrogens with zero attached hydrogens (tertiary/aromatic N) is 1. The summed E-state index contributed by atoms with van der Waals surface area (Å²) < 4.78 is 42.9. The smallest absolute Gasteiger partial charge is 0.389 e. The molecule has 0 radical (unpaired) electrons. The summed E-state index contributed by atoms with van der Waals surface area (Å²) >= 11 is 11.7. The molecule has 0 saturated carbocycles. The Morgan fingerprint density at radius 2 is 1.96 bits per heavy atom. The number of hydrogen-bond donors (Lipinski definition) is 0. The maximum absolute atomic E-state index is 12.5. The van der Waals surface area contributed by atoms with Crippen LogP contribution in [0.2, 0.25) is 10.0 Å². The van der Waals surface area contributed by atoms with Gasteiger partial charge in [-0.05, 0) is 19.1 Å². The Kier molecular flexibility index (Phi) is 5.06. The second kappa shape index (κ2) is 6.40. The molecule has 1 saturated heterocycles. The van der Waals surface area contributed by atoms with E-state index in [2.05, 4.69) is 0 Å². The molecule has 0 N–H and O–H groups in total. The Morgan fingerprint density at radius 1 is 1.35 bits per heavy atom. The van der Waals surface area contributed by atoms with Gasteiger partial charge in [-0.15, -0.1) is 0 Å². The monoisotopic (exact) mass is 369 g/mol. The van der Waals surface area contributed by atoms with Crippen LogP contribution in [-0.2, 0) is 4.79 Å². The minimum absolute atomic E-state index is 0.0699. The lowest BCUT2D eigenvalue weighted by atomic mass is 9.78. The number of likely N-dealkylation sites (tertiary alicyclic amines) is 1. The number of benzene rings is 1. The van der Waals surface area contributed by atoms with E-state index in [1.807, 2.05) is 0 Å². The van der Waals surface area contributed by atoms with Crippen molar-refractivity contribution in [1.82, 2.24) is 4.90 Å². The van der Waals surface area contributed by atoms with Crippen LogP contribution in [0.1, 0.15) is 20.3 Å². The topological polar surface area (TPSA) is 29.5 Å². The van der Waals surface area contributed by atoms with E-state index in [4.69, 9.17) is 27.9 Å². The molecule has 23 heavy (non-hydrogen) atoms. The molecule has 1 amide bonds. The summed E-state index contributed by atoms with van der Waals surface area (Å²) in [6.45, 7) is 3.21. The largest absolute Gasteiger partial charge is 0.481 e. The minimum atomic E-state index is -4.23. The first-order chi connectivity index (χ1) is 10.5. The van der Waals surface area contributed by atoms with E-state index in [1.165, 1.54) is 17.9 Å². The highest BCUT2D eigenvalue weighted by Gasteiger charge is 2.49. The third-order valence-corrected chi connectivity index (χ3v) is 4.37. The molecule has 1 aromatic rings. The van der Waals surface area contributed by atoms with Gasteiger partial charge in [-0.25, -0.2) is 0 Å². The quantitative estimate of drug-likeness (QED) is 0.778. The van der Waals surface area contributed by atoms with Gasteiger partial charge in [0.25, 0.3) is 5.91 Å². The number of halogens is 5. The zero-order chi connectivity index (χ0) is 17.4. The van der Waals surface area contributed by atoms with Gasteiger partial charge in [-0.2, -0.15) is 13.2 Å². The molecule has 0 bridgehead atoms. The minimum Gasteiger partial charge on any atom is -0.481 e. The Balaban J connectivity index is 1.90. The normalized spacial score (nSPS) is 18.3. The van der Waals surface area contributed by atoms with E-state index < -0.39 is 24.1 Å². The summed E-state index contributed by atoms with van der Waals surface area (Å²) in [5.74, 6) is 0.0227. The number of amides is 1. The van der Waals surface area contributed by atoms with Crippen LogP contribution in [0.5, 0.6) is 5.75 Å². The molecule has 3 nitrogen and oxygen atoms in total. The van der Waals surface area contributed by atoms with Crippen molar-refractivity contribution in [3.05, 3.63) is 28.2 Å². The molecule has 1 aromatic carbocycles. The summed E-state index contributed by atoms with van der Waals surface area (Å²) in [4.78, 5) is 13.6. The van der Waals surface area contributed by atoms with E-state index in [0.717, 1.165) is 0 Å². The molecule has 0 aromatic heterocycles. The summed E-state index contributed by atoms with van der Waals surface area (Å²) in [5.41, 5.74) is -0.919. The molecule has 1 atom stereocenters. The van der Waals surface area contributed by atoms with Crippen LogP contribution in [0.4, 0.5) is 13.2 Å². The number of ether oxygens (including phenoxy) is 1. The highest BCUT2D eigenvalue weighted by molar-refractivity contribution is 6.42. The molecule has 1 fully saturated rings. The fourth-order valence-corrected chi connectivity index (χ4v) is 2.98. The van der Waals surface area contributed by atoms with Crippen molar-refractivity contribution in [2.75, 3.05) is 13.1 Å². The van der Waals surface area contributed by atoms with Crippen molar-refractivity contribution in [2.24, 2.45) is 5.41 Å². The van der Waals surface area contributed by atoms with Gasteiger partial charge in [-0.1, -0.05) is 30.1 Å². The lowest BCUT2D eigenvalue weighted by Gasteiger charge is -2.48. The first-order valence-electron chi connectivity index (χ1n) is 6.96. The number of carbonyl (C=O) groups is 1. The van der Waals surface area contributed by atoms with Crippen LogP contribution in [0.3, 0.4) is 0 Å². The second-order valence-electron chi connectivity index (χ2n) is 6.13. The zero-order valence-corrected chi connectivity index (χ0v) is 14.1. The van der Waals surface area contributed by atoms with Crippen molar-refractivity contribution in [3.8, 4) is 5.75 Å². The molecular formula is C15H16Cl2F3NO2. The van der Waals surface area contributed by atoms with Gasteiger partial charge in [0.15, 0.2) is 6.10 Å². The second-order valence-corrected chi connectivity index (χ2v) is 6.95. The van der Waals surface area contributed by atoms with Crippen molar-refractivity contribution in [1.29, 1.82) is 0 Å². The van der Waals surface area contributed by atoms with Crippen molar-refractivity contribution < 1.29 is 22.7 Å². The summed E-state index contributed by atoms with van der Waals surface area (Å²) in [6.07, 6.45) is -5.94. The maximum atomic E-state index is 12.5. The van der Waals surface area contributed by atoms with E-state index >= 15 is 0 Å². The number of carbonyl (C=O) groups excluding carboxylic acids is 1. The van der Waals surface area contributed by atoms with E-state index in [0.29, 0.717) is 15.8 Å². The van der Waals surface area contributed by atoms with E-state index in [9.17, 15) is 18.0 Å². The van der Waals surface area contributed by atoms with Crippen molar-refractivity contribution >= 4 is 29.1 Å². The Hall–Kier alpha value is -1.14. The van der Waals surface area contributed by atoms with Crippen LogP contribution in [0.25, 0.3) is 0 Å². The molecular weight excluding hydrogens is 354 g/mol. The molecule has 1 aliphatic heterocycles. The van der Waals surface area contributed by atoms with Crippen LogP contribution in [0.15, 0.2) is 18.2 Å². The lowest BCUT2D eigenvalue weighted by molar-refractivity contribution is -0.184. The predicted octanol–water partition coefficient (Wildman–Crippen LogP) is 4.56. The molecule has 8 heteroatoms. The molecule has 0 spiro atoms. The molecule has 2 rings (SSSR count). The number of rotatable bonds is 4. The lowest BCUT2D eigenvalue weighted by Crippen LogP contribution is -2.60. The van der Waals surface area contributed by atoms with Gasteiger partial charge >= 0.3 is 6.18 Å². The Labute approximate surface area is 142 Å². The summed E-state index contributed by atoms with van der Waals surface area (Å²) in [6, 6.07) is 4.60. The summed E-state index contributed by atoms with van der Waals surface area (Å²) in [5, 5.41) is 0.661. The zero-order valence-electron chi connectivity index (χ0n) is 12.6. The van der Waals surface area contributed by atoms with E-state index in [1.54, 1.807) is 19.1 Å². The summed E-state index contributed by atoms with van der Waals surface area (Å²) in [7, 11) is 0. The van der Waals surface area contributed by atoms with Gasteiger partial charge in [0.2, 0.25) is 0 Å². The van der Waals surface area contributed by atoms with Gasteiger partial charge in [0, 0.05) is 24.6 Å². The van der Waals surface area contributed by atoms with Crippen LogP contribution < -0.4 is 4.74 Å². The highest BCUT2D eigenvalue weighted by Crippen LogP contribution is 2.40. The number of alkyl halides is 3.